The van der Waals surface area contributed by atoms with Gasteiger partial charge in [0.2, 0.25) is 5.91 Å². The van der Waals surface area contributed by atoms with Gasteiger partial charge in [-0.3, -0.25) is 4.79 Å². The molecule has 24 heavy (non-hydrogen) atoms. The summed E-state index contributed by atoms with van der Waals surface area (Å²) in [6, 6.07) is 7.39. The third-order valence-electron chi connectivity index (χ3n) is 4.22. The second kappa shape index (κ2) is 8.69. The summed E-state index contributed by atoms with van der Waals surface area (Å²) in [5.74, 6) is 0.365. The van der Waals surface area contributed by atoms with Gasteiger partial charge in [0.15, 0.2) is 14.6 Å². The lowest BCUT2D eigenvalue weighted by Crippen LogP contribution is -2.57. The van der Waals surface area contributed by atoms with Crippen molar-refractivity contribution in [3.8, 4) is 5.75 Å². The average Bonchev–Trinajstić information content (AvgIpc) is 2.54. The number of halogens is 1. The summed E-state index contributed by atoms with van der Waals surface area (Å²) in [5, 5.41) is 5.88. The maximum absolute atomic E-state index is 12.6. The van der Waals surface area contributed by atoms with Gasteiger partial charge in [-0.1, -0.05) is 12.1 Å². The summed E-state index contributed by atoms with van der Waals surface area (Å²) in [6.45, 7) is 3.88. The molecule has 1 heterocycles. The number of rotatable bonds is 6. The molecule has 1 amide bonds. The van der Waals surface area contributed by atoms with Crippen molar-refractivity contribution in [1.29, 1.82) is 0 Å². The molecule has 2 N–H and O–H groups in total. The number of hydrogen-bond donors (Lipinski definition) is 2. The van der Waals surface area contributed by atoms with Gasteiger partial charge in [-0.2, -0.15) is 0 Å². The molecule has 1 fully saturated rings. The lowest BCUT2D eigenvalue weighted by atomic mass is 9.95. The van der Waals surface area contributed by atoms with Crippen LogP contribution in [0, 0.1) is 0 Å². The minimum absolute atomic E-state index is 0. The highest BCUT2D eigenvalue weighted by Crippen LogP contribution is 2.28. The molecule has 1 aromatic carbocycles. The summed E-state index contributed by atoms with van der Waals surface area (Å²) >= 11 is 0. The zero-order chi connectivity index (χ0) is 16.9. The van der Waals surface area contributed by atoms with E-state index >= 15 is 0 Å². The van der Waals surface area contributed by atoms with Crippen LogP contribution < -0.4 is 15.4 Å². The number of ether oxygens (including phenoxy) is 1. The van der Waals surface area contributed by atoms with E-state index in [0.717, 1.165) is 17.6 Å². The van der Waals surface area contributed by atoms with Crippen molar-refractivity contribution in [2.45, 2.75) is 31.1 Å². The molecule has 0 radical (unpaired) electrons. The van der Waals surface area contributed by atoms with Crippen LogP contribution in [-0.4, -0.2) is 45.0 Å². The van der Waals surface area contributed by atoms with Crippen molar-refractivity contribution < 1.29 is 17.9 Å². The summed E-state index contributed by atoms with van der Waals surface area (Å²) in [7, 11) is -3.48. The SMILES string of the molecule is CCOc1ccc(CNC(=O)C2(S(C)(=O)=O)CCNCC2)cc1.Cl. The Labute approximate surface area is 149 Å². The minimum Gasteiger partial charge on any atom is -0.494 e. The third-order valence-corrected chi connectivity index (χ3v) is 6.24. The van der Waals surface area contributed by atoms with Gasteiger partial charge in [0.25, 0.3) is 0 Å². The fourth-order valence-corrected chi connectivity index (χ4v) is 4.17. The normalized spacial score (nSPS) is 16.8. The van der Waals surface area contributed by atoms with Crippen LogP contribution in [0.5, 0.6) is 5.75 Å². The lowest BCUT2D eigenvalue weighted by Gasteiger charge is -2.34. The van der Waals surface area contributed by atoms with Gasteiger partial charge in [0.05, 0.1) is 6.61 Å². The quantitative estimate of drug-likeness (QED) is 0.781. The predicted octanol–water partition coefficient (Wildman–Crippen LogP) is 1.29. The molecular weight excluding hydrogens is 352 g/mol. The zero-order valence-corrected chi connectivity index (χ0v) is 15.6. The number of carbonyl (C=O) groups is 1. The van der Waals surface area contributed by atoms with E-state index in [1.165, 1.54) is 0 Å². The van der Waals surface area contributed by atoms with Gasteiger partial charge >= 0.3 is 0 Å². The molecule has 1 saturated heterocycles. The second-order valence-corrected chi connectivity index (χ2v) is 8.10. The van der Waals surface area contributed by atoms with E-state index < -0.39 is 20.5 Å². The lowest BCUT2D eigenvalue weighted by molar-refractivity contribution is -0.124. The Morgan fingerprint density at radius 3 is 2.33 bits per heavy atom. The molecule has 0 unspecified atom stereocenters. The van der Waals surface area contributed by atoms with Crippen LogP contribution in [0.4, 0.5) is 0 Å². The Kier molecular flexibility index (Phi) is 7.51. The van der Waals surface area contributed by atoms with Gasteiger partial charge in [0.1, 0.15) is 5.75 Å². The van der Waals surface area contributed by atoms with Crippen LogP contribution in [0.1, 0.15) is 25.3 Å². The number of amides is 1. The van der Waals surface area contributed by atoms with Crippen molar-refractivity contribution >= 4 is 28.2 Å². The summed E-state index contributed by atoms with van der Waals surface area (Å²) < 4.78 is 28.4. The van der Waals surface area contributed by atoms with Gasteiger partial charge in [-0.25, -0.2) is 8.42 Å². The Bertz CT molecular complexity index is 641. The first-order chi connectivity index (χ1) is 10.9. The van der Waals surface area contributed by atoms with E-state index in [-0.39, 0.29) is 12.4 Å². The molecule has 0 atom stereocenters. The monoisotopic (exact) mass is 376 g/mol. The van der Waals surface area contributed by atoms with Crippen LogP contribution in [0.25, 0.3) is 0 Å². The molecule has 1 aliphatic rings. The van der Waals surface area contributed by atoms with E-state index in [9.17, 15) is 13.2 Å². The van der Waals surface area contributed by atoms with Crippen LogP contribution in [0.3, 0.4) is 0 Å². The fourth-order valence-electron chi connectivity index (χ4n) is 2.81. The predicted molar refractivity (Wildman–Crippen MR) is 96.4 cm³/mol. The molecule has 0 aromatic heterocycles. The topological polar surface area (TPSA) is 84.5 Å². The number of benzene rings is 1. The summed E-state index contributed by atoms with van der Waals surface area (Å²) in [5.41, 5.74) is 0.902. The molecular formula is C16H25ClN2O4S. The van der Waals surface area contributed by atoms with Crippen molar-refractivity contribution in [1.82, 2.24) is 10.6 Å². The number of sulfone groups is 1. The Hall–Kier alpha value is -1.31. The molecule has 0 aliphatic carbocycles. The molecule has 0 saturated carbocycles. The maximum atomic E-state index is 12.6. The van der Waals surface area contributed by atoms with Crippen molar-refractivity contribution in [3.05, 3.63) is 29.8 Å². The fraction of sp³-hybridized carbons (Fsp3) is 0.562. The maximum Gasteiger partial charge on any atom is 0.241 e. The molecule has 0 spiro atoms. The number of hydrogen-bond acceptors (Lipinski definition) is 5. The average molecular weight is 377 g/mol. The highest BCUT2D eigenvalue weighted by molar-refractivity contribution is 7.92. The first-order valence-electron chi connectivity index (χ1n) is 7.79. The van der Waals surface area contributed by atoms with E-state index in [4.69, 9.17) is 4.74 Å². The standard InChI is InChI=1S/C16H24N2O4S.ClH/c1-3-22-14-6-4-13(5-7-14)12-18-15(19)16(23(2,20)21)8-10-17-11-9-16;/h4-7,17H,3,8-12H2,1-2H3,(H,18,19);1H. The zero-order valence-electron chi connectivity index (χ0n) is 14.0. The highest BCUT2D eigenvalue weighted by atomic mass is 35.5. The number of piperidine rings is 1. The Morgan fingerprint density at radius 2 is 1.83 bits per heavy atom. The van der Waals surface area contributed by atoms with Gasteiger partial charge < -0.3 is 15.4 Å². The van der Waals surface area contributed by atoms with Crippen LogP contribution in [0.15, 0.2) is 24.3 Å². The summed E-state index contributed by atoms with van der Waals surface area (Å²) in [6.07, 6.45) is 1.76. The van der Waals surface area contributed by atoms with E-state index in [0.29, 0.717) is 39.1 Å². The van der Waals surface area contributed by atoms with Crippen molar-refractivity contribution in [3.63, 3.8) is 0 Å². The molecule has 136 valence electrons. The molecule has 1 aromatic rings. The molecule has 6 nitrogen and oxygen atoms in total. The van der Waals surface area contributed by atoms with E-state index in [1.54, 1.807) is 0 Å². The summed E-state index contributed by atoms with van der Waals surface area (Å²) in [4.78, 5) is 12.6. The third kappa shape index (κ3) is 4.62. The Balaban J connectivity index is 0.00000288. The Morgan fingerprint density at radius 1 is 1.25 bits per heavy atom. The molecule has 1 aliphatic heterocycles. The van der Waals surface area contributed by atoms with E-state index in [2.05, 4.69) is 10.6 Å². The smallest absolute Gasteiger partial charge is 0.241 e. The number of carbonyl (C=O) groups excluding carboxylic acids is 1. The van der Waals surface area contributed by atoms with Crippen LogP contribution in [0.2, 0.25) is 0 Å². The number of nitrogens with one attached hydrogen (secondary N) is 2. The van der Waals surface area contributed by atoms with Gasteiger partial charge in [-0.05, 0) is 50.6 Å². The van der Waals surface area contributed by atoms with Crippen molar-refractivity contribution in [2.24, 2.45) is 0 Å². The first-order valence-corrected chi connectivity index (χ1v) is 9.68. The van der Waals surface area contributed by atoms with Gasteiger partial charge in [-0.15, -0.1) is 12.4 Å². The molecule has 2 rings (SSSR count). The molecule has 0 bridgehead atoms. The first kappa shape index (κ1) is 20.7. The minimum atomic E-state index is -3.48. The van der Waals surface area contributed by atoms with E-state index in [1.807, 2.05) is 31.2 Å². The van der Waals surface area contributed by atoms with Gasteiger partial charge in [0, 0.05) is 12.8 Å². The largest absolute Gasteiger partial charge is 0.494 e. The van der Waals surface area contributed by atoms with Crippen molar-refractivity contribution in [2.75, 3.05) is 26.0 Å². The van der Waals surface area contributed by atoms with Crippen LogP contribution in [-0.2, 0) is 21.2 Å². The second-order valence-electron chi connectivity index (χ2n) is 5.78. The molecule has 8 heteroatoms. The van der Waals surface area contributed by atoms with Crippen LogP contribution >= 0.6 is 12.4 Å². The highest BCUT2D eigenvalue weighted by Gasteiger charge is 2.48.